The molecule has 1 aromatic carbocycles. The van der Waals surface area contributed by atoms with E-state index in [0.29, 0.717) is 10.3 Å². The van der Waals surface area contributed by atoms with E-state index in [1.54, 1.807) is 6.07 Å². The molecule has 3 rings (SSSR count). The molecule has 1 atom stereocenters. The second kappa shape index (κ2) is 5.28. The molecule has 2 heterocycles. The topological polar surface area (TPSA) is 55.1 Å². The van der Waals surface area contributed by atoms with E-state index < -0.39 is 12.0 Å². The Morgan fingerprint density at radius 1 is 1.05 bits per heavy atom. The number of hydrogen-bond acceptors (Lipinski definition) is 4. The number of nitrogens with zero attached hydrogens (tertiary/aromatic N) is 4. The minimum Gasteiger partial charge on any atom is -0.362 e. The SMILES string of the molecule is C[C@H](Nc1ccc2nnc(C(F)(F)F)n2n1)c1ccccc1. The van der Waals surface area contributed by atoms with Gasteiger partial charge in [0.2, 0.25) is 0 Å². The van der Waals surface area contributed by atoms with Gasteiger partial charge in [0.1, 0.15) is 5.82 Å². The number of halogens is 3. The van der Waals surface area contributed by atoms with Crippen LogP contribution in [0.25, 0.3) is 5.65 Å². The third-order valence-corrected chi connectivity index (χ3v) is 3.18. The number of alkyl halides is 3. The van der Waals surface area contributed by atoms with Gasteiger partial charge in [0.05, 0.1) is 0 Å². The molecule has 0 radical (unpaired) electrons. The number of fused-ring (bicyclic) bond motifs is 1. The normalized spacial score (nSPS) is 13.3. The monoisotopic (exact) mass is 307 g/mol. The number of rotatable bonds is 3. The van der Waals surface area contributed by atoms with Crippen LogP contribution in [0.1, 0.15) is 24.4 Å². The molecule has 0 fully saturated rings. The van der Waals surface area contributed by atoms with Crippen LogP contribution in [-0.2, 0) is 6.18 Å². The maximum Gasteiger partial charge on any atom is 0.453 e. The quantitative estimate of drug-likeness (QED) is 0.806. The van der Waals surface area contributed by atoms with Gasteiger partial charge in [-0.2, -0.15) is 17.7 Å². The number of hydrogen-bond donors (Lipinski definition) is 1. The summed E-state index contributed by atoms with van der Waals surface area (Å²) >= 11 is 0. The second-order valence-corrected chi connectivity index (χ2v) is 4.79. The maximum atomic E-state index is 12.8. The summed E-state index contributed by atoms with van der Waals surface area (Å²) in [7, 11) is 0. The van der Waals surface area contributed by atoms with Crippen molar-refractivity contribution in [3.05, 3.63) is 53.9 Å². The second-order valence-electron chi connectivity index (χ2n) is 4.79. The van der Waals surface area contributed by atoms with Crippen LogP contribution < -0.4 is 5.32 Å². The zero-order valence-corrected chi connectivity index (χ0v) is 11.5. The van der Waals surface area contributed by atoms with Gasteiger partial charge >= 0.3 is 6.18 Å². The molecule has 2 aromatic heterocycles. The Hall–Kier alpha value is -2.64. The Balaban J connectivity index is 1.92. The van der Waals surface area contributed by atoms with Crippen molar-refractivity contribution >= 4 is 11.5 Å². The summed E-state index contributed by atoms with van der Waals surface area (Å²) < 4.78 is 39.2. The molecule has 0 aliphatic carbocycles. The summed E-state index contributed by atoms with van der Waals surface area (Å²) in [5.74, 6) is -0.826. The number of nitrogens with one attached hydrogen (secondary N) is 1. The lowest BCUT2D eigenvalue weighted by molar-refractivity contribution is -0.146. The van der Waals surface area contributed by atoms with Gasteiger partial charge in [0.25, 0.3) is 5.82 Å². The van der Waals surface area contributed by atoms with E-state index in [2.05, 4.69) is 20.6 Å². The fourth-order valence-electron chi connectivity index (χ4n) is 2.09. The molecular formula is C14H12F3N5. The summed E-state index contributed by atoms with van der Waals surface area (Å²) in [6.07, 6.45) is -4.60. The lowest BCUT2D eigenvalue weighted by Gasteiger charge is -2.15. The molecule has 0 aliphatic heterocycles. The first-order valence-electron chi connectivity index (χ1n) is 6.56. The largest absolute Gasteiger partial charge is 0.453 e. The van der Waals surface area contributed by atoms with E-state index in [9.17, 15) is 13.2 Å². The molecule has 1 N–H and O–H groups in total. The molecule has 0 saturated heterocycles. The van der Waals surface area contributed by atoms with Gasteiger partial charge in [-0.1, -0.05) is 30.3 Å². The van der Waals surface area contributed by atoms with Gasteiger partial charge < -0.3 is 5.32 Å². The first-order chi connectivity index (χ1) is 10.4. The Kier molecular flexibility index (Phi) is 3.44. The lowest BCUT2D eigenvalue weighted by atomic mass is 10.1. The summed E-state index contributed by atoms with van der Waals surface area (Å²) in [4.78, 5) is 0. The lowest BCUT2D eigenvalue weighted by Crippen LogP contribution is -2.14. The predicted molar refractivity (Wildman–Crippen MR) is 74.3 cm³/mol. The van der Waals surface area contributed by atoms with E-state index in [4.69, 9.17) is 0 Å². The van der Waals surface area contributed by atoms with Crippen LogP contribution in [0.3, 0.4) is 0 Å². The first kappa shape index (κ1) is 14.3. The summed E-state index contributed by atoms with van der Waals surface area (Å²) in [5, 5.41) is 13.6. The van der Waals surface area contributed by atoms with Crippen LogP contribution in [0.4, 0.5) is 19.0 Å². The third-order valence-electron chi connectivity index (χ3n) is 3.18. The minimum atomic E-state index is -4.60. The van der Waals surface area contributed by atoms with Gasteiger partial charge in [0.15, 0.2) is 5.65 Å². The van der Waals surface area contributed by atoms with E-state index >= 15 is 0 Å². The standard InChI is InChI=1S/C14H12F3N5/c1-9(10-5-3-2-4-6-10)18-11-7-8-12-19-20-13(14(15,16)17)22(12)21-11/h2-9H,1H3,(H,18,21)/t9-/m0/s1. The maximum absolute atomic E-state index is 12.8. The predicted octanol–water partition coefficient (Wildman–Crippen LogP) is 3.32. The Morgan fingerprint density at radius 2 is 1.77 bits per heavy atom. The highest BCUT2D eigenvalue weighted by Crippen LogP contribution is 2.28. The summed E-state index contributed by atoms with van der Waals surface area (Å²) in [6, 6.07) is 12.5. The van der Waals surface area contributed by atoms with E-state index in [1.807, 2.05) is 37.3 Å². The fourth-order valence-corrected chi connectivity index (χ4v) is 2.09. The highest BCUT2D eigenvalue weighted by Gasteiger charge is 2.37. The Morgan fingerprint density at radius 3 is 2.45 bits per heavy atom. The van der Waals surface area contributed by atoms with Gasteiger partial charge in [-0.25, -0.2) is 0 Å². The molecule has 22 heavy (non-hydrogen) atoms. The smallest absolute Gasteiger partial charge is 0.362 e. The Bertz CT molecular complexity index is 782. The molecule has 8 heteroatoms. The summed E-state index contributed by atoms with van der Waals surface area (Å²) in [5.41, 5.74) is 1.05. The van der Waals surface area contributed by atoms with Crippen molar-refractivity contribution in [1.29, 1.82) is 0 Å². The molecule has 0 aliphatic rings. The van der Waals surface area contributed by atoms with Crippen LogP contribution in [0.2, 0.25) is 0 Å². The van der Waals surface area contributed by atoms with E-state index in [0.717, 1.165) is 5.56 Å². The molecule has 0 bridgehead atoms. The molecular weight excluding hydrogens is 295 g/mol. The molecule has 5 nitrogen and oxygen atoms in total. The van der Waals surface area contributed by atoms with Crippen molar-refractivity contribution in [1.82, 2.24) is 19.8 Å². The minimum absolute atomic E-state index is 0.0465. The van der Waals surface area contributed by atoms with Crippen molar-refractivity contribution in [2.24, 2.45) is 0 Å². The van der Waals surface area contributed by atoms with Crippen molar-refractivity contribution in [2.45, 2.75) is 19.1 Å². The van der Waals surface area contributed by atoms with Crippen molar-refractivity contribution < 1.29 is 13.2 Å². The van der Waals surface area contributed by atoms with Crippen molar-refractivity contribution in [3.63, 3.8) is 0 Å². The molecule has 0 amide bonds. The molecule has 0 saturated carbocycles. The van der Waals surface area contributed by atoms with Gasteiger partial charge in [-0.05, 0) is 24.6 Å². The van der Waals surface area contributed by atoms with Crippen molar-refractivity contribution in [2.75, 3.05) is 5.32 Å². The number of benzene rings is 1. The third kappa shape index (κ3) is 2.72. The highest BCUT2D eigenvalue weighted by atomic mass is 19.4. The van der Waals surface area contributed by atoms with Crippen LogP contribution in [-0.4, -0.2) is 19.8 Å². The van der Waals surface area contributed by atoms with Gasteiger partial charge in [0, 0.05) is 6.04 Å². The zero-order chi connectivity index (χ0) is 15.7. The van der Waals surface area contributed by atoms with Gasteiger partial charge in [-0.15, -0.1) is 15.3 Å². The first-order valence-corrected chi connectivity index (χ1v) is 6.56. The fraction of sp³-hybridized carbons (Fsp3) is 0.214. The van der Waals surface area contributed by atoms with E-state index in [1.165, 1.54) is 6.07 Å². The average molecular weight is 307 g/mol. The molecule has 0 unspecified atom stereocenters. The van der Waals surface area contributed by atoms with Crippen molar-refractivity contribution in [3.8, 4) is 0 Å². The van der Waals surface area contributed by atoms with Crippen LogP contribution in [0, 0.1) is 0 Å². The average Bonchev–Trinajstić information content (AvgIpc) is 2.91. The van der Waals surface area contributed by atoms with Gasteiger partial charge in [-0.3, -0.25) is 0 Å². The zero-order valence-electron chi connectivity index (χ0n) is 11.5. The molecule has 0 spiro atoms. The number of aromatic nitrogens is 4. The van der Waals surface area contributed by atoms with Crippen LogP contribution >= 0.6 is 0 Å². The van der Waals surface area contributed by atoms with Crippen LogP contribution in [0.15, 0.2) is 42.5 Å². The van der Waals surface area contributed by atoms with Crippen LogP contribution in [0.5, 0.6) is 0 Å². The van der Waals surface area contributed by atoms with E-state index in [-0.39, 0.29) is 11.7 Å². The highest BCUT2D eigenvalue weighted by molar-refractivity contribution is 5.45. The molecule has 3 aromatic rings. The summed E-state index contributed by atoms with van der Waals surface area (Å²) in [6.45, 7) is 1.90. The number of anilines is 1. The Labute approximate surface area is 123 Å². The molecule has 114 valence electrons.